The summed E-state index contributed by atoms with van der Waals surface area (Å²) in [4.78, 5) is 24.7. The van der Waals surface area contributed by atoms with Gasteiger partial charge in [0.25, 0.3) is 0 Å². The number of hydrogen-bond donors (Lipinski definition) is 2. The average Bonchev–Trinajstić information content (AvgIpc) is 2.77. The lowest BCUT2D eigenvalue weighted by atomic mass is 9.98. The minimum Gasteiger partial charge on any atom is -0.493 e. The molecular weight excluding hydrogens is 424 g/mol. The molecular formula is C21H24N2O5S2. The van der Waals surface area contributed by atoms with Gasteiger partial charge in [0, 0.05) is 34.3 Å². The van der Waals surface area contributed by atoms with E-state index in [0.29, 0.717) is 54.6 Å². The second-order valence-electron chi connectivity index (χ2n) is 6.80. The summed E-state index contributed by atoms with van der Waals surface area (Å²) in [6.07, 6.45) is 0.697. The summed E-state index contributed by atoms with van der Waals surface area (Å²) in [6.45, 7) is 1.20. The van der Waals surface area contributed by atoms with Gasteiger partial charge in [-0.3, -0.25) is 13.8 Å². The number of carbonyl (C=O) groups excluding carboxylic acids is 2. The third kappa shape index (κ3) is 5.21. The molecule has 0 radical (unpaired) electrons. The molecule has 1 fully saturated rings. The Labute approximate surface area is 181 Å². The molecule has 30 heavy (non-hydrogen) atoms. The van der Waals surface area contributed by atoms with Gasteiger partial charge >= 0.3 is 0 Å². The van der Waals surface area contributed by atoms with Crippen LogP contribution in [0.1, 0.15) is 23.2 Å². The van der Waals surface area contributed by atoms with Crippen LogP contribution in [0.5, 0.6) is 5.75 Å². The first-order valence-electron chi connectivity index (χ1n) is 9.47. The van der Waals surface area contributed by atoms with Gasteiger partial charge in [-0.1, -0.05) is 6.07 Å². The highest BCUT2D eigenvalue weighted by atomic mass is 32.2. The first kappa shape index (κ1) is 22.3. The fourth-order valence-electron chi connectivity index (χ4n) is 3.17. The van der Waals surface area contributed by atoms with Crippen LogP contribution in [0.25, 0.3) is 0 Å². The molecule has 4 N–H and O–H groups in total. The number of amides is 2. The molecule has 1 aliphatic heterocycles. The third-order valence-electron chi connectivity index (χ3n) is 4.88. The van der Waals surface area contributed by atoms with E-state index in [2.05, 4.69) is 0 Å². The Hall–Kier alpha value is -2.36. The average molecular weight is 449 g/mol. The monoisotopic (exact) mass is 448 g/mol. The van der Waals surface area contributed by atoms with Crippen molar-refractivity contribution in [3.8, 4) is 5.75 Å². The van der Waals surface area contributed by atoms with Gasteiger partial charge in [-0.25, -0.2) is 0 Å². The smallest absolute Gasteiger partial charge is 0.248 e. The normalized spacial score (nSPS) is 16.5. The quantitative estimate of drug-likeness (QED) is 0.447. The van der Waals surface area contributed by atoms with Gasteiger partial charge in [-0.15, -0.1) is 11.8 Å². The fraction of sp³-hybridized carbons (Fsp3) is 0.333. The number of primary amides is 2. The molecule has 0 aliphatic carbocycles. The molecule has 1 aliphatic rings. The second-order valence-corrected chi connectivity index (χ2v) is 9.76. The lowest BCUT2D eigenvalue weighted by Gasteiger charge is -2.33. The number of benzene rings is 2. The van der Waals surface area contributed by atoms with Crippen LogP contribution in [-0.4, -0.2) is 46.3 Å². The van der Waals surface area contributed by atoms with Gasteiger partial charge in [0.1, 0.15) is 10.5 Å². The first-order chi connectivity index (χ1) is 14.4. The van der Waals surface area contributed by atoms with Crippen LogP contribution in [0.2, 0.25) is 0 Å². The summed E-state index contributed by atoms with van der Waals surface area (Å²) < 4.78 is 23.0. The maximum atomic E-state index is 13.0. The molecule has 2 aromatic carbocycles. The molecule has 0 bridgehead atoms. The zero-order valence-electron chi connectivity index (χ0n) is 16.4. The number of nitrogens with two attached hydrogens (primary N) is 2. The minimum absolute atomic E-state index is 0.349. The minimum atomic E-state index is -1.56. The predicted molar refractivity (Wildman–Crippen MR) is 116 cm³/mol. The van der Waals surface area contributed by atoms with Crippen molar-refractivity contribution in [2.45, 2.75) is 27.4 Å². The van der Waals surface area contributed by atoms with Crippen LogP contribution in [0.15, 0.2) is 58.3 Å². The summed E-state index contributed by atoms with van der Waals surface area (Å²) in [5.74, 6) is 0.315. The Morgan fingerprint density at radius 2 is 1.80 bits per heavy atom. The lowest BCUT2D eigenvalue weighted by molar-refractivity contribution is -0.122. The summed E-state index contributed by atoms with van der Waals surface area (Å²) in [5, 5.41) is 0. The SMILES string of the molecule is NC(=O)c1cccc(SCCOc2ccc(S(=O)C3(C(N)=O)CCOCC3)cc2)c1. The summed E-state index contributed by atoms with van der Waals surface area (Å²) >= 11 is 1.56. The molecule has 1 unspecified atom stereocenters. The summed E-state index contributed by atoms with van der Waals surface area (Å²) in [7, 11) is -1.56. The maximum absolute atomic E-state index is 13.0. The highest BCUT2D eigenvalue weighted by molar-refractivity contribution is 7.99. The number of hydrogen-bond acceptors (Lipinski definition) is 6. The Balaban J connectivity index is 1.54. The number of carbonyl (C=O) groups is 2. The molecule has 3 rings (SSSR count). The van der Waals surface area contributed by atoms with Gasteiger partial charge in [0.15, 0.2) is 0 Å². The van der Waals surface area contributed by atoms with Gasteiger partial charge in [0.2, 0.25) is 11.8 Å². The van der Waals surface area contributed by atoms with E-state index < -0.39 is 27.4 Å². The zero-order valence-corrected chi connectivity index (χ0v) is 18.0. The van der Waals surface area contributed by atoms with E-state index in [1.165, 1.54) is 0 Å². The van der Waals surface area contributed by atoms with E-state index in [9.17, 15) is 13.8 Å². The van der Waals surface area contributed by atoms with Gasteiger partial charge in [0.05, 0.1) is 17.4 Å². The molecule has 160 valence electrons. The molecule has 9 heteroatoms. The van der Waals surface area contributed by atoms with Crippen molar-refractivity contribution in [2.24, 2.45) is 11.5 Å². The maximum Gasteiger partial charge on any atom is 0.248 e. The molecule has 0 saturated carbocycles. The van der Waals surface area contributed by atoms with E-state index in [1.807, 2.05) is 6.07 Å². The summed E-state index contributed by atoms with van der Waals surface area (Å²) in [6, 6.07) is 14.0. The lowest BCUT2D eigenvalue weighted by Crippen LogP contribution is -2.51. The zero-order chi connectivity index (χ0) is 21.6. The van der Waals surface area contributed by atoms with Crippen molar-refractivity contribution in [3.63, 3.8) is 0 Å². The molecule has 0 spiro atoms. The predicted octanol–water partition coefficient (Wildman–Crippen LogP) is 2.10. The van der Waals surface area contributed by atoms with E-state index in [1.54, 1.807) is 54.2 Å². The van der Waals surface area contributed by atoms with Crippen molar-refractivity contribution in [2.75, 3.05) is 25.6 Å². The number of ether oxygens (including phenoxy) is 2. The molecule has 1 atom stereocenters. The third-order valence-corrected chi connectivity index (χ3v) is 7.86. The van der Waals surface area contributed by atoms with Crippen LogP contribution in [0.4, 0.5) is 0 Å². The molecule has 1 heterocycles. The Morgan fingerprint density at radius 1 is 1.10 bits per heavy atom. The number of rotatable bonds is 9. The van der Waals surface area contributed by atoms with E-state index in [-0.39, 0.29) is 0 Å². The van der Waals surface area contributed by atoms with E-state index >= 15 is 0 Å². The molecule has 0 aromatic heterocycles. The van der Waals surface area contributed by atoms with Crippen molar-refractivity contribution in [1.82, 2.24) is 0 Å². The highest BCUT2D eigenvalue weighted by Crippen LogP contribution is 2.32. The molecule has 2 aromatic rings. The number of thioether (sulfide) groups is 1. The standard InChI is InChI=1S/C21H24N2O5S2/c22-19(24)15-2-1-3-17(14-15)29-13-12-28-16-4-6-18(7-5-16)30(26)21(20(23)25)8-10-27-11-9-21/h1-7,14H,8-13H2,(H2,22,24)(H2,23,25). The van der Waals surface area contributed by atoms with Crippen LogP contribution >= 0.6 is 11.8 Å². The topological polar surface area (TPSA) is 122 Å². The van der Waals surface area contributed by atoms with Crippen LogP contribution in [0.3, 0.4) is 0 Å². The molecule has 1 saturated heterocycles. The van der Waals surface area contributed by atoms with Gasteiger partial charge in [-0.2, -0.15) is 0 Å². The van der Waals surface area contributed by atoms with Crippen molar-refractivity contribution < 1.29 is 23.3 Å². The van der Waals surface area contributed by atoms with E-state index in [0.717, 1.165) is 4.90 Å². The fourth-order valence-corrected chi connectivity index (χ4v) is 5.51. The first-order valence-corrected chi connectivity index (χ1v) is 11.6. The highest BCUT2D eigenvalue weighted by Gasteiger charge is 2.45. The Kier molecular flexibility index (Phi) is 7.52. The van der Waals surface area contributed by atoms with Crippen molar-refractivity contribution in [3.05, 3.63) is 54.1 Å². The molecule has 7 nitrogen and oxygen atoms in total. The van der Waals surface area contributed by atoms with Crippen LogP contribution in [-0.2, 0) is 20.3 Å². The Morgan fingerprint density at radius 3 is 2.43 bits per heavy atom. The van der Waals surface area contributed by atoms with Crippen LogP contribution in [0, 0.1) is 0 Å². The Bertz CT molecular complexity index is 927. The largest absolute Gasteiger partial charge is 0.493 e. The second kappa shape index (κ2) is 10.1. The van der Waals surface area contributed by atoms with Gasteiger partial charge < -0.3 is 20.9 Å². The van der Waals surface area contributed by atoms with Crippen LogP contribution < -0.4 is 16.2 Å². The van der Waals surface area contributed by atoms with E-state index in [4.69, 9.17) is 20.9 Å². The van der Waals surface area contributed by atoms with Gasteiger partial charge in [-0.05, 0) is 55.3 Å². The van der Waals surface area contributed by atoms with Crippen molar-refractivity contribution >= 4 is 34.4 Å². The molecule has 2 amide bonds. The van der Waals surface area contributed by atoms with Crippen molar-refractivity contribution in [1.29, 1.82) is 0 Å². The summed E-state index contributed by atoms with van der Waals surface area (Å²) in [5.41, 5.74) is 11.4.